The Balaban J connectivity index is 1.34. The number of anilines is 1. The number of hydrogen-bond acceptors (Lipinski definition) is 6. The molecule has 2 aliphatic carbocycles. The fourth-order valence-corrected chi connectivity index (χ4v) is 6.22. The first-order valence-corrected chi connectivity index (χ1v) is 12.0. The van der Waals surface area contributed by atoms with Gasteiger partial charge in [0.25, 0.3) is 0 Å². The van der Waals surface area contributed by atoms with E-state index in [1.165, 1.54) is 24.6 Å². The molecule has 2 saturated carbocycles. The molecule has 0 unspecified atom stereocenters. The number of ether oxygens (including phenoxy) is 1. The van der Waals surface area contributed by atoms with Gasteiger partial charge in [-0.05, 0) is 64.6 Å². The number of likely N-dealkylation sites (N-methyl/N-ethyl adjacent to an activating group) is 1. The molecule has 0 amide bonds. The summed E-state index contributed by atoms with van der Waals surface area (Å²) in [6.07, 6.45) is 4.07. The third-order valence-electron chi connectivity index (χ3n) is 7.76. The normalized spacial score (nSPS) is 30.2. The van der Waals surface area contributed by atoms with Gasteiger partial charge in [-0.3, -0.25) is 9.58 Å². The molecule has 3 fully saturated rings. The van der Waals surface area contributed by atoms with Crippen LogP contribution in [0.1, 0.15) is 51.3 Å². The minimum atomic E-state index is -2.95. The van der Waals surface area contributed by atoms with Gasteiger partial charge in [-0.15, -0.1) is 0 Å². The number of nitrogens with zero attached hydrogens (tertiary/aromatic N) is 5. The first-order valence-electron chi connectivity index (χ1n) is 12.0. The van der Waals surface area contributed by atoms with E-state index in [0.29, 0.717) is 35.4 Å². The SMILES string of the molecule is CC(C)n1nc(-c2cnc(N)c(OC(F)F)c2)cc1[C@@H]1[C@@H]2C[C@@H](N3CCN(C)C[C@@H]3C)C[C@@H]21. The highest BCUT2D eigenvalue weighted by Crippen LogP contribution is 2.64. The molecular weight excluding hydrogens is 426 g/mol. The van der Waals surface area contributed by atoms with E-state index in [1.54, 1.807) is 6.20 Å². The van der Waals surface area contributed by atoms with Crippen molar-refractivity contribution in [2.45, 2.75) is 64.3 Å². The molecule has 7 nitrogen and oxygen atoms in total. The van der Waals surface area contributed by atoms with Crippen LogP contribution in [0.2, 0.25) is 0 Å². The quantitative estimate of drug-likeness (QED) is 0.706. The van der Waals surface area contributed by atoms with Gasteiger partial charge in [-0.1, -0.05) is 0 Å². The molecule has 5 rings (SSSR count). The lowest BCUT2D eigenvalue weighted by Crippen LogP contribution is -2.54. The molecule has 2 aromatic heterocycles. The van der Waals surface area contributed by atoms with Crippen LogP contribution in [0.3, 0.4) is 0 Å². The summed E-state index contributed by atoms with van der Waals surface area (Å²) >= 11 is 0. The average molecular weight is 461 g/mol. The van der Waals surface area contributed by atoms with Gasteiger partial charge in [-0.2, -0.15) is 13.9 Å². The van der Waals surface area contributed by atoms with Gasteiger partial charge < -0.3 is 15.4 Å². The smallest absolute Gasteiger partial charge is 0.387 e. The third-order valence-corrected chi connectivity index (χ3v) is 7.76. The highest BCUT2D eigenvalue weighted by atomic mass is 19.3. The molecule has 33 heavy (non-hydrogen) atoms. The van der Waals surface area contributed by atoms with E-state index in [9.17, 15) is 8.78 Å². The van der Waals surface area contributed by atoms with Gasteiger partial charge in [0.1, 0.15) is 0 Å². The summed E-state index contributed by atoms with van der Waals surface area (Å²) in [5, 5.41) is 4.82. The number of aromatic nitrogens is 3. The third kappa shape index (κ3) is 4.21. The van der Waals surface area contributed by atoms with Crippen molar-refractivity contribution in [2.24, 2.45) is 11.8 Å². The highest BCUT2D eigenvalue weighted by molar-refractivity contribution is 5.64. The molecule has 9 heteroatoms. The molecule has 2 N–H and O–H groups in total. The lowest BCUT2D eigenvalue weighted by molar-refractivity contribution is -0.0494. The predicted molar refractivity (Wildman–Crippen MR) is 123 cm³/mol. The monoisotopic (exact) mass is 460 g/mol. The van der Waals surface area contributed by atoms with E-state index in [0.717, 1.165) is 25.3 Å². The minimum absolute atomic E-state index is 0.0523. The molecule has 3 heterocycles. The number of nitrogens with two attached hydrogens (primary N) is 1. The van der Waals surface area contributed by atoms with Gasteiger partial charge in [0.05, 0.1) is 5.69 Å². The average Bonchev–Trinajstić information content (AvgIpc) is 3.09. The van der Waals surface area contributed by atoms with Crippen molar-refractivity contribution in [3.63, 3.8) is 0 Å². The maximum absolute atomic E-state index is 12.7. The summed E-state index contributed by atoms with van der Waals surface area (Å²) in [6.45, 7) is 7.11. The molecule has 1 aliphatic heterocycles. The Kier molecular flexibility index (Phi) is 5.81. The van der Waals surface area contributed by atoms with Crippen LogP contribution in [0.25, 0.3) is 11.3 Å². The summed E-state index contributed by atoms with van der Waals surface area (Å²) in [7, 11) is 2.21. The second-order valence-electron chi connectivity index (χ2n) is 10.3. The molecule has 0 spiro atoms. The topological polar surface area (TPSA) is 72.4 Å². The van der Waals surface area contributed by atoms with E-state index in [-0.39, 0.29) is 17.6 Å². The van der Waals surface area contributed by atoms with Crippen molar-refractivity contribution >= 4 is 5.82 Å². The minimum Gasteiger partial charge on any atom is -0.431 e. The molecular formula is C24H34F2N6O. The van der Waals surface area contributed by atoms with Crippen molar-refractivity contribution in [1.82, 2.24) is 24.6 Å². The summed E-state index contributed by atoms with van der Waals surface area (Å²) < 4.78 is 32.1. The van der Waals surface area contributed by atoms with Crippen molar-refractivity contribution in [2.75, 3.05) is 32.4 Å². The van der Waals surface area contributed by atoms with Crippen molar-refractivity contribution < 1.29 is 13.5 Å². The molecule has 1 saturated heterocycles. The fraction of sp³-hybridized carbons (Fsp3) is 0.667. The van der Waals surface area contributed by atoms with Crippen molar-refractivity contribution in [1.29, 1.82) is 0 Å². The first kappa shape index (κ1) is 22.5. The molecule has 0 radical (unpaired) electrons. The van der Waals surface area contributed by atoms with Crippen LogP contribution in [-0.4, -0.2) is 69.9 Å². The van der Waals surface area contributed by atoms with Gasteiger partial charge >= 0.3 is 6.61 Å². The molecule has 5 atom stereocenters. The summed E-state index contributed by atoms with van der Waals surface area (Å²) in [5.41, 5.74) is 8.31. The van der Waals surface area contributed by atoms with Crippen LogP contribution in [-0.2, 0) is 0 Å². The van der Waals surface area contributed by atoms with Gasteiger partial charge in [0.15, 0.2) is 11.6 Å². The Labute approximate surface area is 193 Å². The van der Waals surface area contributed by atoms with E-state index in [4.69, 9.17) is 10.8 Å². The van der Waals surface area contributed by atoms with Gasteiger partial charge in [0.2, 0.25) is 0 Å². The zero-order chi connectivity index (χ0) is 23.4. The molecule has 0 aromatic carbocycles. The van der Waals surface area contributed by atoms with Crippen LogP contribution >= 0.6 is 0 Å². The Morgan fingerprint density at radius 2 is 1.88 bits per heavy atom. The van der Waals surface area contributed by atoms with Crippen molar-refractivity contribution in [3.05, 3.63) is 24.0 Å². The summed E-state index contributed by atoms with van der Waals surface area (Å²) in [4.78, 5) is 9.19. The lowest BCUT2D eigenvalue weighted by atomic mass is 10.00. The maximum atomic E-state index is 12.7. The number of halogens is 2. The van der Waals surface area contributed by atoms with E-state index >= 15 is 0 Å². The number of nitrogen functional groups attached to an aromatic ring is 1. The number of alkyl halides is 2. The van der Waals surface area contributed by atoms with Gasteiger partial charge in [-0.25, -0.2) is 4.98 Å². The van der Waals surface area contributed by atoms with Crippen molar-refractivity contribution in [3.8, 4) is 17.0 Å². The zero-order valence-electron chi connectivity index (χ0n) is 19.8. The standard InChI is InChI=1S/C24H34F2N6O/c1-13(2)32-20(10-19(29-32)15-7-21(33-24(25)26)23(27)28-11-15)22-17-8-16(9-18(17)22)31-6-5-30(4)12-14(31)3/h7,10-11,13-14,16-18,22,24H,5-6,8-9,12H2,1-4H3,(H2,27,28)/t14-,16-,17-,18+,22-/m0/s1. The Hall–Kier alpha value is -2.26. The summed E-state index contributed by atoms with van der Waals surface area (Å²) in [5.74, 6) is 1.75. The largest absolute Gasteiger partial charge is 0.431 e. The number of rotatable bonds is 6. The fourth-order valence-electron chi connectivity index (χ4n) is 6.22. The summed E-state index contributed by atoms with van der Waals surface area (Å²) in [6, 6.07) is 5.12. The highest BCUT2D eigenvalue weighted by Gasteiger charge is 2.59. The molecule has 3 aliphatic rings. The molecule has 2 aromatic rings. The molecule has 180 valence electrons. The number of piperazine rings is 1. The van der Waals surface area contributed by atoms with Crippen LogP contribution in [0.5, 0.6) is 5.75 Å². The first-order chi connectivity index (χ1) is 15.7. The van der Waals surface area contributed by atoms with E-state index in [2.05, 4.69) is 58.1 Å². The lowest BCUT2D eigenvalue weighted by Gasteiger charge is -2.42. The second kappa shape index (κ2) is 8.51. The zero-order valence-corrected chi connectivity index (χ0v) is 19.8. The Morgan fingerprint density at radius 3 is 2.52 bits per heavy atom. The number of pyridine rings is 1. The molecule has 0 bridgehead atoms. The predicted octanol–water partition coefficient (Wildman–Crippen LogP) is 3.84. The van der Waals surface area contributed by atoms with Crippen LogP contribution in [0.15, 0.2) is 18.3 Å². The van der Waals surface area contributed by atoms with Gasteiger partial charge in [0, 0.05) is 61.1 Å². The number of fused-ring (bicyclic) bond motifs is 1. The van der Waals surface area contributed by atoms with E-state index < -0.39 is 6.61 Å². The Morgan fingerprint density at radius 1 is 1.15 bits per heavy atom. The van der Waals surface area contributed by atoms with Crippen LogP contribution in [0.4, 0.5) is 14.6 Å². The number of hydrogen-bond donors (Lipinski definition) is 1. The Bertz CT molecular complexity index is 999. The van der Waals surface area contributed by atoms with Crippen LogP contribution in [0, 0.1) is 11.8 Å². The van der Waals surface area contributed by atoms with E-state index in [1.807, 2.05) is 0 Å². The van der Waals surface area contributed by atoms with Crippen LogP contribution < -0.4 is 10.5 Å². The second-order valence-corrected chi connectivity index (χ2v) is 10.3. The maximum Gasteiger partial charge on any atom is 0.387 e.